The van der Waals surface area contributed by atoms with Gasteiger partial charge in [0, 0.05) is 10.6 Å². The zero-order valence-electron chi connectivity index (χ0n) is 11.7. The molecular formula is C17H16Cl2O2. The maximum atomic E-state index is 12.1. The quantitative estimate of drug-likeness (QED) is 0.682. The molecule has 0 heterocycles. The van der Waals surface area contributed by atoms with Crippen LogP contribution in [0.25, 0.3) is 0 Å². The van der Waals surface area contributed by atoms with Gasteiger partial charge in [-0.2, -0.15) is 0 Å². The Morgan fingerprint density at radius 2 is 1.81 bits per heavy atom. The highest BCUT2D eigenvalue weighted by Gasteiger charge is 2.12. The Bertz CT molecular complexity index is 621. The predicted molar refractivity (Wildman–Crippen MR) is 86.7 cm³/mol. The van der Waals surface area contributed by atoms with Crippen molar-refractivity contribution in [3.63, 3.8) is 0 Å². The molecule has 0 radical (unpaired) electrons. The van der Waals surface area contributed by atoms with Crippen molar-refractivity contribution in [1.29, 1.82) is 0 Å². The van der Waals surface area contributed by atoms with Crippen LogP contribution in [0.1, 0.15) is 29.3 Å². The second kappa shape index (κ2) is 7.48. The number of carbonyl (C=O) groups is 1. The fourth-order valence-corrected chi connectivity index (χ4v) is 2.37. The summed E-state index contributed by atoms with van der Waals surface area (Å²) in [7, 11) is 0. The van der Waals surface area contributed by atoms with E-state index in [0.717, 1.165) is 12.8 Å². The van der Waals surface area contributed by atoms with Crippen LogP contribution in [0.15, 0.2) is 42.5 Å². The lowest BCUT2D eigenvalue weighted by molar-refractivity contribution is 0.0921. The zero-order chi connectivity index (χ0) is 15.2. The molecule has 2 aromatic carbocycles. The molecule has 0 saturated carbocycles. The van der Waals surface area contributed by atoms with Gasteiger partial charge in [-0.25, -0.2) is 0 Å². The second-order valence-electron chi connectivity index (χ2n) is 4.73. The van der Waals surface area contributed by atoms with E-state index in [2.05, 4.69) is 6.92 Å². The molecule has 0 aromatic heterocycles. The van der Waals surface area contributed by atoms with Crippen LogP contribution in [0.3, 0.4) is 0 Å². The number of hydrogen-bond acceptors (Lipinski definition) is 2. The van der Waals surface area contributed by atoms with Gasteiger partial charge in [0.1, 0.15) is 5.75 Å². The summed E-state index contributed by atoms with van der Waals surface area (Å²) < 4.78 is 5.50. The molecule has 110 valence electrons. The van der Waals surface area contributed by atoms with Crippen molar-refractivity contribution in [2.24, 2.45) is 0 Å². The molecule has 21 heavy (non-hydrogen) atoms. The molecule has 0 saturated heterocycles. The van der Waals surface area contributed by atoms with Gasteiger partial charge in [0.25, 0.3) is 0 Å². The molecule has 2 rings (SSSR count). The van der Waals surface area contributed by atoms with Crippen molar-refractivity contribution < 1.29 is 9.53 Å². The molecule has 4 heteroatoms. The number of carbonyl (C=O) groups excluding carboxylic acids is 1. The third kappa shape index (κ3) is 4.48. The van der Waals surface area contributed by atoms with E-state index in [1.54, 1.807) is 18.2 Å². The first kappa shape index (κ1) is 15.9. The average molecular weight is 323 g/mol. The van der Waals surface area contributed by atoms with Crippen molar-refractivity contribution in [2.45, 2.75) is 19.8 Å². The SMILES string of the molecule is CCCc1ccc(OCC(=O)c2cc(Cl)ccc2Cl)cc1. The number of ether oxygens (including phenoxy) is 1. The second-order valence-corrected chi connectivity index (χ2v) is 5.57. The Kier molecular flexibility index (Phi) is 5.66. The van der Waals surface area contributed by atoms with Crippen molar-refractivity contribution in [1.82, 2.24) is 0 Å². The van der Waals surface area contributed by atoms with Gasteiger partial charge in [0.05, 0.1) is 5.02 Å². The molecule has 0 aliphatic heterocycles. The van der Waals surface area contributed by atoms with Crippen LogP contribution in [-0.2, 0) is 6.42 Å². The lowest BCUT2D eigenvalue weighted by atomic mass is 10.1. The van der Waals surface area contributed by atoms with Gasteiger partial charge in [-0.15, -0.1) is 0 Å². The first-order chi connectivity index (χ1) is 10.1. The number of Topliss-reactive ketones (excluding diaryl/α,β-unsaturated/α-hetero) is 1. The molecule has 2 aromatic rings. The van der Waals surface area contributed by atoms with Crippen LogP contribution < -0.4 is 4.74 Å². The predicted octanol–water partition coefficient (Wildman–Crippen LogP) is 5.21. The van der Waals surface area contributed by atoms with Crippen LogP contribution in [0.5, 0.6) is 5.75 Å². The molecular weight excluding hydrogens is 307 g/mol. The Hall–Kier alpha value is -1.51. The standard InChI is InChI=1S/C17H16Cl2O2/c1-2-3-12-4-7-14(8-5-12)21-11-17(20)15-10-13(18)6-9-16(15)19/h4-10H,2-3,11H2,1H3. The van der Waals surface area contributed by atoms with E-state index in [4.69, 9.17) is 27.9 Å². The van der Waals surface area contributed by atoms with Crippen LogP contribution in [0.4, 0.5) is 0 Å². The van der Waals surface area contributed by atoms with Gasteiger partial charge in [-0.3, -0.25) is 4.79 Å². The average Bonchev–Trinajstić information content (AvgIpc) is 2.49. The lowest BCUT2D eigenvalue weighted by Gasteiger charge is -2.08. The van der Waals surface area contributed by atoms with Crippen LogP contribution in [0.2, 0.25) is 10.0 Å². The molecule has 0 N–H and O–H groups in total. The van der Waals surface area contributed by atoms with Gasteiger partial charge < -0.3 is 4.74 Å². The monoisotopic (exact) mass is 322 g/mol. The summed E-state index contributed by atoms with van der Waals surface area (Å²) in [6.07, 6.45) is 2.14. The number of benzene rings is 2. The normalized spacial score (nSPS) is 10.4. The summed E-state index contributed by atoms with van der Waals surface area (Å²) in [6, 6.07) is 12.6. The molecule has 0 aliphatic carbocycles. The summed E-state index contributed by atoms with van der Waals surface area (Å²) >= 11 is 11.9. The van der Waals surface area contributed by atoms with Gasteiger partial charge in [-0.05, 0) is 42.3 Å². The zero-order valence-corrected chi connectivity index (χ0v) is 13.2. The number of hydrogen-bond donors (Lipinski definition) is 0. The minimum Gasteiger partial charge on any atom is -0.485 e. The van der Waals surface area contributed by atoms with E-state index < -0.39 is 0 Å². The van der Waals surface area contributed by atoms with E-state index in [0.29, 0.717) is 21.4 Å². The van der Waals surface area contributed by atoms with Crippen molar-refractivity contribution in [3.8, 4) is 5.75 Å². The minimum absolute atomic E-state index is 0.0623. The minimum atomic E-state index is -0.194. The smallest absolute Gasteiger partial charge is 0.201 e. The molecule has 0 aliphatic rings. The highest BCUT2D eigenvalue weighted by molar-refractivity contribution is 6.35. The van der Waals surface area contributed by atoms with E-state index in [-0.39, 0.29) is 12.4 Å². The fourth-order valence-electron chi connectivity index (χ4n) is 1.98. The number of rotatable bonds is 6. The van der Waals surface area contributed by atoms with Gasteiger partial charge in [0.15, 0.2) is 6.61 Å². The molecule has 0 unspecified atom stereocenters. The maximum absolute atomic E-state index is 12.1. The number of halogens is 2. The van der Waals surface area contributed by atoms with Gasteiger partial charge >= 0.3 is 0 Å². The van der Waals surface area contributed by atoms with Crippen molar-refractivity contribution >= 4 is 29.0 Å². The van der Waals surface area contributed by atoms with E-state index in [1.807, 2.05) is 24.3 Å². The Morgan fingerprint density at radius 3 is 2.48 bits per heavy atom. The van der Waals surface area contributed by atoms with Crippen LogP contribution in [0, 0.1) is 0 Å². The summed E-state index contributed by atoms with van der Waals surface area (Å²) in [5, 5.41) is 0.859. The molecule has 0 spiro atoms. The first-order valence-corrected chi connectivity index (χ1v) is 7.55. The fraction of sp³-hybridized carbons (Fsp3) is 0.235. The summed E-state index contributed by atoms with van der Waals surface area (Å²) in [6.45, 7) is 2.07. The van der Waals surface area contributed by atoms with Crippen LogP contribution >= 0.6 is 23.2 Å². The number of aryl methyl sites for hydroxylation is 1. The first-order valence-electron chi connectivity index (χ1n) is 6.80. The Balaban J connectivity index is 1.99. The van der Waals surface area contributed by atoms with Gasteiger partial charge in [0.2, 0.25) is 5.78 Å². The third-order valence-corrected chi connectivity index (χ3v) is 3.63. The van der Waals surface area contributed by atoms with Crippen molar-refractivity contribution in [3.05, 3.63) is 63.6 Å². The highest BCUT2D eigenvalue weighted by Crippen LogP contribution is 2.21. The topological polar surface area (TPSA) is 26.3 Å². The highest BCUT2D eigenvalue weighted by atomic mass is 35.5. The van der Waals surface area contributed by atoms with E-state index in [9.17, 15) is 4.79 Å². The Labute approximate surface area is 134 Å². The van der Waals surface area contributed by atoms with E-state index >= 15 is 0 Å². The summed E-state index contributed by atoms with van der Waals surface area (Å²) in [4.78, 5) is 12.1. The molecule has 0 fully saturated rings. The van der Waals surface area contributed by atoms with Crippen molar-refractivity contribution in [2.75, 3.05) is 6.61 Å². The Morgan fingerprint density at radius 1 is 1.10 bits per heavy atom. The molecule has 0 bridgehead atoms. The molecule has 0 amide bonds. The third-order valence-electron chi connectivity index (χ3n) is 3.06. The number of ketones is 1. The summed E-state index contributed by atoms with van der Waals surface area (Å²) in [5.74, 6) is 0.474. The lowest BCUT2D eigenvalue weighted by Crippen LogP contribution is -2.12. The largest absolute Gasteiger partial charge is 0.485 e. The maximum Gasteiger partial charge on any atom is 0.201 e. The molecule has 2 nitrogen and oxygen atoms in total. The molecule has 0 atom stereocenters. The summed E-state index contributed by atoms with van der Waals surface area (Å²) in [5.41, 5.74) is 1.64. The van der Waals surface area contributed by atoms with Gasteiger partial charge in [-0.1, -0.05) is 48.7 Å². The van der Waals surface area contributed by atoms with Crippen LogP contribution in [-0.4, -0.2) is 12.4 Å². The van der Waals surface area contributed by atoms with E-state index in [1.165, 1.54) is 5.56 Å².